The van der Waals surface area contributed by atoms with Gasteiger partial charge in [0.15, 0.2) is 0 Å². The van der Waals surface area contributed by atoms with Gasteiger partial charge in [-0.05, 0) is 43.7 Å². The minimum atomic E-state index is -0.223. The summed E-state index contributed by atoms with van der Waals surface area (Å²) in [5.41, 5.74) is 3.36. The third kappa shape index (κ3) is 5.04. The SMILES string of the molecule is CC(C)c1cccc(C(C)C)c1NC(=O)c1cc(NC(C)(C)C)ncn1. The van der Waals surface area contributed by atoms with Gasteiger partial charge in [0.05, 0.1) is 0 Å². The Labute approximate surface area is 156 Å². The van der Waals surface area contributed by atoms with Gasteiger partial charge in [0.1, 0.15) is 17.8 Å². The maximum absolute atomic E-state index is 12.9. The molecule has 2 aromatic rings. The minimum absolute atomic E-state index is 0.142. The molecule has 26 heavy (non-hydrogen) atoms. The van der Waals surface area contributed by atoms with Crippen LogP contribution in [0.2, 0.25) is 0 Å². The highest BCUT2D eigenvalue weighted by Crippen LogP contribution is 2.32. The quantitative estimate of drug-likeness (QED) is 0.776. The number of anilines is 2. The van der Waals surface area contributed by atoms with Crippen molar-refractivity contribution in [1.82, 2.24) is 9.97 Å². The molecule has 5 heteroatoms. The number of para-hydroxylation sites is 1. The summed E-state index contributed by atoms with van der Waals surface area (Å²) in [4.78, 5) is 21.2. The summed E-state index contributed by atoms with van der Waals surface area (Å²) in [7, 11) is 0. The van der Waals surface area contributed by atoms with Crippen molar-refractivity contribution in [2.75, 3.05) is 10.6 Å². The van der Waals surface area contributed by atoms with Crippen LogP contribution in [-0.2, 0) is 0 Å². The van der Waals surface area contributed by atoms with E-state index in [-0.39, 0.29) is 11.4 Å². The maximum Gasteiger partial charge on any atom is 0.274 e. The molecule has 0 saturated carbocycles. The Kier molecular flexibility index (Phi) is 6.01. The lowest BCUT2D eigenvalue weighted by Gasteiger charge is -2.22. The molecule has 140 valence electrons. The van der Waals surface area contributed by atoms with Crippen LogP contribution >= 0.6 is 0 Å². The lowest BCUT2D eigenvalue weighted by Crippen LogP contribution is -2.27. The Bertz CT molecular complexity index is 750. The number of hydrogen-bond acceptors (Lipinski definition) is 4. The molecule has 2 N–H and O–H groups in total. The maximum atomic E-state index is 12.9. The van der Waals surface area contributed by atoms with E-state index in [9.17, 15) is 4.79 Å². The number of carbonyl (C=O) groups is 1. The molecule has 1 amide bonds. The average molecular weight is 354 g/mol. The minimum Gasteiger partial charge on any atom is -0.365 e. The summed E-state index contributed by atoms with van der Waals surface area (Å²) in [6, 6.07) is 7.88. The molecule has 0 aliphatic carbocycles. The van der Waals surface area contributed by atoms with Gasteiger partial charge >= 0.3 is 0 Å². The molecule has 1 heterocycles. The first-order valence-corrected chi connectivity index (χ1v) is 9.13. The number of amides is 1. The Balaban J connectivity index is 2.35. The fourth-order valence-corrected chi connectivity index (χ4v) is 2.81. The molecular formula is C21H30N4O. The van der Waals surface area contributed by atoms with Crippen molar-refractivity contribution in [3.05, 3.63) is 47.4 Å². The molecule has 0 aliphatic heterocycles. The second kappa shape index (κ2) is 7.85. The zero-order chi connectivity index (χ0) is 19.5. The monoisotopic (exact) mass is 354 g/mol. The van der Waals surface area contributed by atoms with E-state index < -0.39 is 0 Å². The molecule has 0 unspecified atom stereocenters. The number of rotatable bonds is 5. The van der Waals surface area contributed by atoms with Crippen LogP contribution < -0.4 is 10.6 Å². The Hall–Kier alpha value is -2.43. The number of nitrogens with one attached hydrogen (secondary N) is 2. The Morgan fingerprint density at radius 3 is 2.08 bits per heavy atom. The second-order valence-corrected chi connectivity index (χ2v) is 8.24. The smallest absolute Gasteiger partial charge is 0.274 e. The van der Waals surface area contributed by atoms with Gasteiger partial charge in [-0.15, -0.1) is 0 Å². The lowest BCUT2D eigenvalue weighted by atomic mass is 9.92. The predicted molar refractivity (Wildman–Crippen MR) is 108 cm³/mol. The number of hydrogen-bond donors (Lipinski definition) is 2. The number of carbonyl (C=O) groups excluding carboxylic acids is 1. The van der Waals surface area contributed by atoms with E-state index in [0.29, 0.717) is 23.3 Å². The molecule has 5 nitrogen and oxygen atoms in total. The molecule has 0 aliphatic rings. The van der Waals surface area contributed by atoms with Gasteiger partial charge in [-0.3, -0.25) is 4.79 Å². The molecule has 2 rings (SSSR count). The van der Waals surface area contributed by atoms with Gasteiger partial charge in [0, 0.05) is 17.3 Å². The molecule has 1 aromatic heterocycles. The summed E-state index contributed by atoms with van der Waals surface area (Å²) >= 11 is 0. The number of nitrogens with zero attached hydrogens (tertiary/aromatic N) is 2. The highest BCUT2D eigenvalue weighted by molar-refractivity contribution is 6.04. The van der Waals surface area contributed by atoms with E-state index in [1.54, 1.807) is 6.07 Å². The number of benzene rings is 1. The summed E-state index contributed by atoms with van der Waals surface area (Å²) in [6.45, 7) is 14.7. The lowest BCUT2D eigenvalue weighted by molar-refractivity contribution is 0.102. The van der Waals surface area contributed by atoms with Crippen LogP contribution in [-0.4, -0.2) is 21.4 Å². The predicted octanol–water partition coefficient (Wildman–Crippen LogP) is 5.19. The first-order chi connectivity index (χ1) is 12.1. The van der Waals surface area contributed by atoms with E-state index in [1.165, 1.54) is 6.33 Å². The summed E-state index contributed by atoms with van der Waals surface area (Å²) in [5, 5.41) is 6.36. The average Bonchev–Trinajstić information content (AvgIpc) is 2.53. The molecule has 0 spiro atoms. The van der Waals surface area contributed by atoms with E-state index >= 15 is 0 Å². The van der Waals surface area contributed by atoms with Crippen molar-refractivity contribution in [1.29, 1.82) is 0 Å². The van der Waals surface area contributed by atoms with Crippen LogP contribution in [0.4, 0.5) is 11.5 Å². The van der Waals surface area contributed by atoms with Gasteiger partial charge in [-0.1, -0.05) is 45.9 Å². The van der Waals surface area contributed by atoms with Gasteiger partial charge in [0.25, 0.3) is 5.91 Å². The molecular weight excluding hydrogens is 324 g/mol. The van der Waals surface area contributed by atoms with E-state index in [2.05, 4.69) is 66.5 Å². The van der Waals surface area contributed by atoms with Crippen molar-refractivity contribution < 1.29 is 4.79 Å². The van der Waals surface area contributed by atoms with Crippen LogP contribution in [0.1, 0.15) is 81.9 Å². The highest BCUT2D eigenvalue weighted by atomic mass is 16.1. The fourth-order valence-electron chi connectivity index (χ4n) is 2.81. The standard InChI is InChI=1S/C21H30N4O/c1-13(2)15-9-8-10-16(14(3)4)19(15)24-20(26)17-11-18(23-12-22-17)25-21(5,6)7/h8-14H,1-7H3,(H,24,26)(H,22,23,25). The van der Waals surface area contributed by atoms with Crippen molar-refractivity contribution in [2.45, 2.75) is 65.8 Å². The Morgan fingerprint density at radius 2 is 1.58 bits per heavy atom. The van der Waals surface area contributed by atoms with E-state index in [4.69, 9.17) is 0 Å². The van der Waals surface area contributed by atoms with Crippen LogP contribution in [0, 0.1) is 0 Å². The van der Waals surface area contributed by atoms with Crippen LogP contribution in [0.15, 0.2) is 30.6 Å². The van der Waals surface area contributed by atoms with Gasteiger partial charge in [-0.25, -0.2) is 9.97 Å². The largest absolute Gasteiger partial charge is 0.365 e. The van der Waals surface area contributed by atoms with Crippen molar-refractivity contribution in [2.24, 2.45) is 0 Å². The zero-order valence-corrected chi connectivity index (χ0v) is 16.8. The molecule has 0 bridgehead atoms. The summed E-state index contributed by atoms with van der Waals surface area (Å²) < 4.78 is 0. The van der Waals surface area contributed by atoms with Gasteiger partial charge in [0.2, 0.25) is 0 Å². The Morgan fingerprint density at radius 1 is 1.00 bits per heavy atom. The molecule has 0 fully saturated rings. The molecule has 0 atom stereocenters. The zero-order valence-electron chi connectivity index (χ0n) is 16.8. The highest BCUT2D eigenvalue weighted by Gasteiger charge is 2.18. The van der Waals surface area contributed by atoms with Crippen LogP contribution in [0.25, 0.3) is 0 Å². The van der Waals surface area contributed by atoms with Crippen molar-refractivity contribution >= 4 is 17.4 Å². The molecule has 1 aromatic carbocycles. The normalized spacial score (nSPS) is 11.7. The fraction of sp³-hybridized carbons (Fsp3) is 0.476. The van der Waals surface area contributed by atoms with Crippen molar-refractivity contribution in [3.63, 3.8) is 0 Å². The summed E-state index contributed by atoms with van der Waals surface area (Å²) in [5.74, 6) is 1.04. The summed E-state index contributed by atoms with van der Waals surface area (Å²) in [6.07, 6.45) is 1.42. The first-order valence-electron chi connectivity index (χ1n) is 9.13. The van der Waals surface area contributed by atoms with E-state index in [0.717, 1.165) is 16.8 Å². The topological polar surface area (TPSA) is 66.9 Å². The van der Waals surface area contributed by atoms with Crippen LogP contribution in [0.5, 0.6) is 0 Å². The third-order valence-corrected chi connectivity index (χ3v) is 4.01. The van der Waals surface area contributed by atoms with Crippen LogP contribution in [0.3, 0.4) is 0 Å². The molecule has 0 saturated heterocycles. The van der Waals surface area contributed by atoms with Crippen molar-refractivity contribution in [3.8, 4) is 0 Å². The van der Waals surface area contributed by atoms with Gasteiger partial charge in [-0.2, -0.15) is 0 Å². The second-order valence-electron chi connectivity index (χ2n) is 8.24. The van der Waals surface area contributed by atoms with Gasteiger partial charge < -0.3 is 10.6 Å². The number of aromatic nitrogens is 2. The van der Waals surface area contributed by atoms with E-state index in [1.807, 2.05) is 20.8 Å². The first kappa shape index (κ1) is 19.9. The third-order valence-electron chi connectivity index (χ3n) is 4.01. The molecule has 0 radical (unpaired) electrons.